The molecule has 2 N–H and O–H groups in total. The Balaban J connectivity index is 3.15. The summed E-state index contributed by atoms with van der Waals surface area (Å²) in [6.07, 6.45) is 0. The highest BCUT2D eigenvalue weighted by molar-refractivity contribution is 5.38. The monoisotopic (exact) mass is 181 g/mol. The summed E-state index contributed by atoms with van der Waals surface area (Å²) in [5.74, 6) is 0. The van der Waals surface area contributed by atoms with Gasteiger partial charge in [0.2, 0.25) is 0 Å². The second kappa shape index (κ2) is 3.88. The smallest absolute Gasteiger partial charge is 0.109 e. The highest BCUT2D eigenvalue weighted by atomic mass is 19.1. The molecule has 0 amide bonds. The molecule has 0 aliphatic heterocycles. The maximum atomic E-state index is 12.4. The topological polar surface area (TPSA) is 26.0 Å². The van der Waals surface area contributed by atoms with Crippen molar-refractivity contribution in [3.8, 4) is 0 Å². The van der Waals surface area contributed by atoms with Crippen LogP contribution in [0.15, 0.2) is 12.1 Å². The third-order valence-corrected chi connectivity index (χ3v) is 2.45. The van der Waals surface area contributed by atoms with E-state index in [-0.39, 0.29) is 0 Å². The standard InChI is InChI=1S/C11H16FN/c1-7-4-9(3)10(5-8(7)2)11(13)6-12/h4-5,11H,6,13H2,1-3H3. The average Bonchev–Trinajstić information content (AvgIpc) is 2.10. The molecule has 1 rings (SSSR count). The minimum absolute atomic E-state index is 0.473. The molecule has 1 atom stereocenters. The molecule has 13 heavy (non-hydrogen) atoms. The second-order valence-electron chi connectivity index (χ2n) is 3.55. The third-order valence-electron chi connectivity index (χ3n) is 2.45. The molecule has 1 aromatic carbocycles. The predicted octanol–water partition coefficient (Wildman–Crippen LogP) is 2.58. The summed E-state index contributed by atoms with van der Waals surface area (Å²) in [6, 6.07) is 3.56. The SMILES string of the molecule is Cc1cc(C)c(C(N)CF)cc1C. The molecule has 0 fully saturated rings. The normalized spacial score (nSPS) is 13.0. The van der Waals surface area contributed by atoms with Crippen LogP contribution in [-0.2, 0) is 0 Å². The van der Waals surface area contributed by atoms with Gasteiger partial charge in [-0.1, -0.05) is 12.1 Å². The van der Waals surface area contributed by atoms with Crippen LogP contribution in [0.1, 0.15) is 28.3 Å². The van der Waals surface area contributed by atoms with Crippen molar-refractivity contribution < 1.29 is 4.39 Å². The Bertz CT molecular complexity index is 307. The molecule has 0 aliphatic carbocycles. The Morgan fingerprint density at radius 3 is 2.23 bits per heavy atom. The number of hydrogen-bond donors (Lipinski definition) is 1. The van der Waals surface area contributed by atoms with Crippen molar-refractivity contribution in [3.05, 3.63) is 34.4 Å². The van der Waals surface area contributed by atoms with Crippen LogP contribution in [0.25, 0.3) is 0 Å². The van der Waals surface area contributed by atoms with E-state index in [0.717, 1.165) is 11.1 Å². The van der Waals surface area contributed by atoms with Gasteiger partial charge in [0.1, 0.15) is 6.67 Å². The van der Waals surface area contributed by atoms with Gasteiger partial charge in [-0.3, -0.25) is 0 Å². The molecule has 72 valence electrons. The molecular formula is C11H16FN. The van der Waals surface area contributed by atoms with Crippen LogP contribution in [-0.4, -0.2) is 6.67 Å². The van der Waals surface area contributed by atoms with E-state index in [0.29, 0.717) is 0 Å². The summed E-state index contributed by atoms with van der Waals surface area (Å²) >= 11 is 0. The van der Waals surface area contributed by atoms with Crippen molar-refractivity contribution in [3.63, 3.8) is 0 Å². The van der Waals surface area contributed by atoms with E-state index >= 15 is 0 Å². The van der Waals surface area contributed by atoms with Gasteiger partial charge >= 0.3 is 0 Å². The lowest BCUT2D eigenvalue weighted by molar-refractivity contribution is 0.436. The molecule has 0 heterocycles. The third kappa shape index (κ3) is 2.07. The van der Waals surface area contributed by atoms with Gasteiger partial charge in [0.15, 0.2) is 0 Å². The fraction of sp³-hybridized carbons (Fsp3) is 0.455. The summed E-state index contributed by atoms with van der Waals surface area (Å²) in [4.78, 5) is 0. The first kappa shape index (κ1) is 10.2. The zero-order valence-electron chi connectivity index (χ0n) is 8.39. The lowest BCUT2D eigenvalue weighted by Crippen LogP contribution is -2.14. The number of aryl methyl sites for hydroxylation is 3. The largest absolute Gasteiger partial charge is 0.322 e. The van der Waals surface area contributed by atoms with E-state index in [1.54, 1.807) is 0 Å². The van der Waals surface area contributed by atoms with E-state index in [1.807, 2.05) is 26.8 Å². The zero-order chi connectivity index (χ0) is 10.0. The molecule has 0 saturated heterocycles. The Kier molecular flexibility index (Phi) is 3.04. The Labute approximate surface area is 78.8 Å². The predicted molar refractivity (Wildman–Crippen MR) is 53.6 cm³/mol. The minimum Gasteiger partial charge on any atom is -0.322 e. The van der Waals surface area contributed by atoms with Crippen molar-refractivity contribution in [1.29, 1.82) is 0 Å². The van der Waals surface area contributed by atoms with E-state index in [4.69, 9.17) is 5.73 Å². The maximum Gasteiger partial charge on any atom is 0.109 e. The Morgan fingerprint density at radius 2 is 1.69 bits per heavy atom. The van der Waals surface area contributed by atoms with Crippen LogP contribution in [0.4, 0.5) is 4.39 Å². The number of hydrogen-bond acceptors (Lipinski definition) is 1. The van der Waals surface area contributed by atoms with Gasteiger partial charge < -0.3 is 5.73 Å². The maximum absolute atomic E-state index is 12.4. The van der Waals surface area contributed by atoms with Crippen molar-refractivity contribution in [2.45, 2.75) is 26.8 Å². The Morgan fingerprint density at radius 1 is 1.15 bits per heavy atom. The lowest BCUT2D eigenvalue weighted by atomic mass is 9.97. The van der Waals surface area contributed by atoms with Crippen LogP contribution in [0, 0.1) is 20.8 Å². The molecule has 0 aromatic heterocycles. The molecule has 2 heteroatoms. The highest BCUT2D eigenvalue weighted by Crippen LogP contribution is 2.20. The molecule has 1 unspecified atom stereocenters. The summed E-state index contributed by atoms with van der Waals surface area (Å²) in [7, 11) is 0. The summed E-state index contributed by atoms with van der Waals surface area (Å²) in [5, 5.41) is 0. The van der Waals surface area contributed by atoms with Crippen LogP contribution >= 0.6 is 0 Å². The van der Waals surface area contributed by atoms with Crippen LogP contribution in [0.2, 0.25) is 0 Å². The van der Waals surface area contributed by atoms with Crippen LogP contribution < -0.4 is 5.73 Å². The summed E-state index contributed by atoms with van der Waals surface area (Å²) < 4.78 is 12.4. The minimum atomic E-state index is -0.497. The average molecular weight is 181 g/mol. The first-order chi connectivity index (χ1) is 6.06. The fourth-order valence-corrected chi connectivity index (χ4v) is 1.47. The van der Waals surface area contributed by atoms with E-state index < -0.39 is 12.7 Å². The van der Waals surface area contributed by atoms with Crippen molar-refractivity contribution in [1.82, 2.24) is 0 Å². The summed E-state index contributed by atoms with van der Waals surface area (Å²) in [5.41, 5.74) is 10.0. The lowest BCUT2D eigenvalue weighted by Gasteiger charge is -2.13. The fourth-order valence-electron chi connectivity index (χ4n) is 1.47. The highest BCUT2D eigenvalue weighted by Gasteiger charge is 2.09. The van der Waals surface area contributed by atoms with Gasteiger partial charge in [0.05, 0.1) is 6.04 Å². The molecule has 0 spiro atoms. The quantitative estimate of drug-likeness (QED) is 0.745. The van der Waals surface area contributed by atoms with E-state index in [9.17, 15) is 4.39 Å². The Hall–Kier alpha value is -0.890. The van der Waals surface area contributed by atoms with Crippen molar-refractivity contribution in [2.75, 3.05) is 6.67 Å². The molecule has 0 saturated carbocycles. The van der Waals surface area contributed by atoms with E-state index in [2.05, 4.69) is 6.07 Å². The number of alkyl halides is 1. The van der Waals surface area contributed by atoms with Gasteiger partial charge in [-0.05, 0) is 43.0 Å². The summed E-state index contributed by atoms with van der Waals surface area (Å²) in [6.45, 7) is 5.54. The van der Waals surface area contributed by atoms with Crippen LogP contribution in [0.5, 0.6) is 0 Å². The molecule has 0 radical (unpaired) electrons. The van der Waals surface area contributed by atoms with Gasteiger partial charge in [0, 0.05) is 0 Å². The second-order valence-corrected chi connectivity index (χ2v) is 3.55. The number of benzene rings is 1. The molecule has 1 aromatic rings. The molecular weight excluding hydrogens is 165 g/mol. The first-order valence-corrected chi connectivity index (χ1v) is 4.45. The molecule has 1 nitrogen and oxygen atoms in total. The van der Waals surface area contributed by atoms with Gasteiger partial charge in [-0.15, -0.1) is 0 Å². The first-order valence-electron chi connectivity index (χ1n) is 4.45. The van der Waals surface area contributed by atoms with Crippen LogP contribution in [0.3, 0.4) is 0 Å². The van der Waals surface area contributed by atoms with Crippen molar-refractivity contribution >= 4 is 0 Å². The molecule has 0 aliphatic rings. The number of nitrogens with two attached hydrogens (primary N) is 1. The van der Waals surface area contributed by atoms with Gasteiger partial charge in [0.25, 0.3) is 0 Å². The van der Waals surface area contributed by atoms with E-state index in [1.165, 1.54) is 11.1 Å². The van der Waals surface area contributed by atoms with Crippen molar-refractivity contribution in [2.24, 2.45) is 5.73 Å². The van der Waals surface area contributed by atoms with Gasteiger partial charge in [-0.2, -0.15) is 0 Å². The zero-order valence-corrected chi connectivity index (χ0v) is 8.39. The molecule has 0 bridgehead atoms. The number of halogens is 1. The van der Waals surface area contributed by atoms with Gasteiger partial charge in [-0.25, -0.2) is 4.39 Å². The number of rotatable bonds is 2.